The van der Waals surface area contributed by atoms with Gasteiger partial charge in [0.1, 0.15) is 7.34 Å². The van der Waals surface area contributed by atoms with Crippen LogP contribution in [0.4, 0.5) is 0 Å². The molecular weight excluding hydrogens is 233 g/mol. The smallest absolute Gasteiger partial charge is 0.254 e. The Morgan fingerprint density at radius 2 is 2.19 bits per heavy atom. The summed E-state index contributed by atoms with van der Waals surface area (Å²) >= 11 is 0. The van der Waals surface area contributed by atoms with E-state index in [1.807, 2.05) is 0 Å². The number of β-amino-alcohol motifs (C(OH)–C–C–N with tert-alkyl or cyclic N) is 1. The van der Waals surface area contributed by atoms with Crippen LogP contribution in [0.3, 0.4) is 0 Å². The van der Waals surface area contributed by atoms with Gasteiger partial charge in [0.2, 0.25) is 0 Å². The van der Waals surface area contributed by atoms with E-state index in [0.29, 0.717) is 0 Å². The molecule has 1 rings (SSSR count). The first kappa shape index (κ1) is 13.7. The summed E-state index contributed by atoms with van der Waals surface area (Å²) in [5, 5.41) is 10.6. The van der Waals surface area contributed by atoms with Crippen molar-refractivity contribution in [1.29, 1.82) is 0 Å². The monoisotopic (exact) mass is 251 g/mol. The number of hydroxylamine groups is 2. The molecule has 1 atom stereocenters. The molecule has 1 saturated heterocycles. The van der Waals surface area contributed by atoms with E-state index < -0.39 is 18.9 Å². The van der Waals surface area contributed by atoms with Gasteiger partial charge in [0.25, 0.3) is 5.91 Å². The molecule has 0 bridgehead atoms. The quantitative estimate of drug-likeness (QED) is 0.581. The number of carbonyl (C=O) groups is 1. The van der Waals surface area contributed by atoms with E-state index in [9.17, 15) is 9.90 Å². The highest BCUT2D eigenvalue weighted by molar-refractivity contribution is 7.62. The predicted octanol–water partition coefficient (Wildman–Crippen LogP) is -0.589. The Bertz CT molecular complexity index is 324. The molecule has 1 unspecified atom stereocenters. The van der Waals surface area contributed by atoms with Crippen LogP contribution in [0.25, 0.3) is 0 Å². The van der Waals surface area contributed by atoms with Crippen molar-refractivity contribution in [2.24, 2.45) is 5.41 Å². The second-order valence-corrected chi connectivity index (χ2v) is 6.86. The van der Waals surface area contributed by atoms with Crippen LogP contribution in [-0.4, -0.2) is 57.6 Å². The number of hydrogen-bond donors (Lipinski definition) is 3. The maximum Gasteiger partial charge on any atom is 0.254 e. The van der Waals surface area contributed by atoms with Crippen molar-refractivity contribution in [2.75, 3.05) is 19.3 Å². The SMILES string of the molecule is C=P(O)(O)CC(O)CN1OCC(C)(C)C1=O. The lowest BCUT2D eigenvalue weighted by Gasteiger charge is -2.21. The van der Waals surface area contributed by atoms with Gasteiger partial charge >= 0.3 is 0 Å². The highest BCUT2D eigenvalue weighted by atomic mass is 31.2. The maximum atomic E-state index is 11.7. The molecule has 1 aliphatic rings. The molecule has 94 valence electrons. The van der Waals surface area contributed by atoms with Crippen molar-refractivity contribution in [3.05, 3.63) is 0 Å². The Balaban J connectivity index is 2.51. The van der Waals surface area contributed by atoms with Crippen molar-refractivity contribution in [3.8, 4) is 0 Å². The van der Waals surface area contributed by atoms with Gasteiger partial charge in [-0.1, -0.05) is 6.30 Å². The average Bonchev–Trinajstić information content (AvgIpc) is 2.28. The van der Waals surface area contributed by atoms with E-state index >= 15 is 0 Å². The first-order chi connectivity index (χ1) is 7.12. The number of hydrogen-bond acceptors (Lipinski definition) is 5. The first-order valence-corrected chi connectivity index (χ1v) is 6.99. The average molecular weight is 251 g/mol. The molecule has 0 spiro atoms. The third-order valence-corrected chi connectivity index (χ3v) is 3.27. The molecule has 0 saturated carbocycles. The van der Waals surface area contributed by atoms with E-state index in [4.69, 9.17) is 14.6 Å². The van der Waals surface area contributed by atoms with Crippen LogP contribution in [0.1, 0.15) is 13.8 Å². The molecule has 0 radical (unpaired) electrons. The normalized spacial score (nSPS) is 22.6. The molecular formula is C9H18NO5P. The molecule has 0 aromatic rings. The van der Waals surface area contributed by atoms with Gasteiger partial charge in [-0.25, -0.2) is 5.06 Å². The Morgan fingerprint density at radius 3 is 2.56 bits per heavy atom. The Morgan fingerprint density at radius 1 is 1.62 bits per heavy atom. The molecule has 6 nitrogen and oxygen atoms in total. The summed E-state index contributed by atoms with van der Waals surface area (Å²) in [5.41, 5.74) is -0.588. The molecule has 1 aliphatic heterocycles. The summed E-state index contributed by atoms with van der Waals surface area (Å²) in [6.07, 6.45) is 1.87. The minimum absolute atomic E-state index is 0.0688. The second-order valence-electron chi connectivity index (χ2n) is 4.74. The van der Waals surface area contributed by atoms with Gasteiger partial charge in [-0.3, -0.25) is 9.63 Å². The number of rotatable bonds is 4. The number of nitrogens with zero attached hydrogens (tertiary/aromatic N) is 1. The molecule has 7 heteroatoms. The van der Waals surface area contributed by atoms with E-state index in [2.05, 4.69) is 6.30 Å². The molecule has 1 amide bonds. The van der Waals surface area contributed by atoms with Crippen LogP contribution in [0.5, 0.6) is 0 Å². The lowest BCUT2D eigenvalue weighted by atomic mass is 9.95. The van der Waals surface area contributed by atoms with Gasteiger partial charge in [0.05, 0.1) is 24.7 Å². The second kappa shape index (κ2) is 4.47. The zero-order chi connectivity index (χ0) is 12.6. The topological polar surface area (TPSA) is 90.2 Å². The fourth-order valence-corrected chi connectivity index (χ4v) is 2.21. The number of aliphatic hydroxyl groups is 1. The Labute approximate surface area is 94.5 Å². The predicted molar refractivity (Wildman–Crippen MR) is 60.8 cm³/mol. The molecule has 1 fully saturated rings. The molecule has 0 aliphatic carbocycles. The number of carbonyl (C=O) groups excluding carboxylic acids is 1. The van der Waals surface area contributed by atoms with Crippen molar-refractivity contribution >= 4 is 19.5 Å². The van der Waals surface area contributed by atoms with Gasteiger partial charge in [-0.05, 0) is 13.8 Å². The fraction of sp³-hybridized carbons (Fsp3) is 0.778. The first-order valence-electron chi connectivity index (χ1n) is 4.93. The highest BCUT2D eigenvalue weighted by Gasteiger charge is 2.41. The fourth-order valence-electron chi connectivity index (χ4n) is 1.42. The third-order valence-electron chi connectivity index (χ3n) is 2.27. The summed E-state index contributed by atoms with van der Waals surface area (Å²) in [7, 11) is -3.27. The lowest BCUT2D eigenvalue weighted by molar-refractivity contribution is -0.167. The van der Waals surface area contributed by atoms with Gasteiger partial charge in [-0.15, -0.1) is 0 Å². The third kappa shape index (κ3) is 3.57. The summed E-state index contributed by atoms with van der Waals surface area (Å²) in [6, 6.07) is 0. The van der Waals surface area contributed by atoms with Gasteiger partial charge in [-0.2, -0.15) is 0 Å². The molecule has 1 heterocycles. The van der Waals surface area contributed by atoms with Crippen molar-refractivity contribution in [1.82, 2.24) is 5.06 Å². The van der Waals surface area contributed by atoms with Crippen LogP contribution in [0.2, 0.25) is 0 Å². The summed E-state index contributed by atoms with van der Waals surface area (Å²) in [6.45, 7) is 3.69. The van der Waals surface area contributed by atoms with Crippen molar-refractivity contribution in [2.45, 2.75) is 20.0 Å². The highest BCUT2D eigenvalue weighted by Crippen LogP contribution is 2.35. The molecule has 16 heavy (non-hydrogen) atoms. The van der Waals surface area contributed by atoms with Crippen molar-refractivity contribution in [3.63, 3.8) is 0 Å². The molecule has 3 N–H and O–H groups in total. The minimum atomic E-state index is -3.27. The number of aliphatic hydroxyl groups excluding tert-OH is 1. The van der Waals surface area contributed by atoms with Gasteiger partial charge < -0.3 is 14.9 Å². The largest absolute Gasteiger partial charge is 0.391 e. The standard InChI is InChI=1S/C9H18NO5P/c1-9(2)6-15-10(8(9)12)4-7(11)5-16(3,13)14/h7,11,13-14H,3-6H2,1-2H3. The molecule has 0 aromatic carbocycles. The van der Waals surface area contributed by atoms with Crippen LogP contribution in [-0.2, 0) is 9.63 Å². The maximum absolute atomic E-state index is 11.7. The Kier molecular flexibility index (Phi) is 3.82. The van der Waals surface area contributed by atoms with Crippen molar-refractivity contribution < 1.29 is 24.5 Å². The lowest BCUT2D eigenvalue weighted by Crippen LogP contribution is -2.37. The van der Waals surface area contributed by atoms with Gasteiger partial charge in [0.15, 0.2) is 0 Å². The van der Waals surface area contributed by atoms with Crippen LogP contribution >= 0.6 is 7.34 Å². The summed E-state index contributed by atoms with van der Waals surface area (Å²) in [4.78, 5) is 35.0. The van der Waals surface area contributed by atoms with Crippen LogP contribution < -0.4 is 0 Å². The van der Waals surface area contributed by atoms with E-state index in [-0.39, 0.29) is 25.2 Å². The zero-order valence-corrected chi connectivity index (χ0v) is 10.4. The minimum Gasteiger partial charge on any atom is -0.391 e. The van der Waals surface area contributed by atoms with E-state index in [1.165, 1.54) is 0 Å². The van der Waals surface area contributed by atoms with Gasteiger partial charge in [0, 0.05) is 6.16 Å². The molecule has 0 aromatic heterocycles. The zero-order valence-electron chi connectivity index (χ0n) is 9.46. The summed E-state index contributed by atoms with van der Waals surface area (Å²) in [5.74, 6) is -0.213. The number of amides is 1. The summed E-state index contributed by atoms with van der Waals surface area (Å²) < 4.78 is 0. The Hall–Kier alpha value is -0.390. The van der Waals surface area contributed by atoms with Crippen LogP contribution in [0, 0.1) is 5.41 Å². The van der Waals surface area contributed by atoms with E-state index in [1.54, 1.807) is 13.8 Å². The van der Waals surface area contributed by atoms with E-state index in [0.717, 1.165) is 5.06 Å². The van der Waals surface area contributed by atoms with Crippen LogP contribution in [0.15, 0.2) is 0 Å².